The maximum atomic E-state index is 12.4. The first-order valence-corrected chi connectivity index (χ1v) is 9.66. The van der Waals surface area contributed by atoms with Gasteiger partial charge in [0.25, 0.3) is 0 Å². The summed E-state index contributed by atoms with van der Waals surface area (Å²) in [5.41, 5.74) is 2.00. The largest absolute Gasteiger partial charge is 0.467 e. The lowest BCUT2D eigenvalue weighted by molar-refractivity contribution is -0.146. The number of benzene rings is 1. The van der Waals surface area contributed by atoms with E-state index >= 15 is 0 Å². The minimum Gasteiger partial charge on any atom is -0.467 e. The normalized spacial score (nSPS) is 13.4. The molecule has 0 aliphatic heterocycles. The number of fused-ring (bicyclic) bond motifs is 3. The number of thioether (sulfide) groups is 1. The van der Waals surface area contributed by atoms with Crippen molar-refractivity contribution in [2.24, 2.45) is 5.92 Å². The van der Waals surface area contributed by atoms with Crippen LogP contribution in [0.25, 0.3) is 22.1 Å². The molecule has 8 heteroatoms. The van der Waals surface area contributed by atoms with E-state index in [0.29, 0.717) is 10.6 Å². The van der Waals surface area contributed by atoms with Gasteiger partial charge in [0.2, 0.25) is 5.91 Å². The average molecular weight is 387 g/mol. The topological polar surface area (TPSA) is 94.3 Å². The number of nitrogens with one attached hydrogen (secondary N) is 1. The molecule has 0 radical (unpaired) electrons. The number of hydrogen-bond donors (Lipinski definition) is 1. The van der Waals surface area contributed by atoms with Gasteiger partial charge in [-0.1, -0.05) is 44.2 Å². The van der Waals surface area contributed by atoms with Crippen molar-refractivity contribution in [1.29, 1.82) is 0 Å². The summed E-state index contributed by atoms with van der Waals surface area (Å²) < 4.78 is 10.7. The van der Waals surface area contributed by atoms with Crippen molar-refractivity contribution in [3.8, 4) is 0 Å². The number of carbonyl (C=O) groups excluding carboxylic acids is 2. The summed E-state index contributed by atoms with van der Waals surface area (Å²) in [5, 5.41) is 4.25. The number of methoxy groups -OCH3 is 1. The summed E-state index contributed by atoms with van der Waals surface area (Å²) in [4.78, 5) is 32.8. The van der Waals surface area contributed by atoms with Gasteiger partial charge in [0.05, 0.1) is 12.9 Å². The molecule has 2 atom stereocenters. The number of ether oxygens (including phenoxy) is 1. The molecular formula is C19H21N3O4S. The molecule has 1 amide bonds. The monoisotopic (exact) mass is 387 g/mol. The van der Waals surface area contributed by atoms with Gasteiger partial charge in [-0.2, -0.15) is 0 Å². The van der Waals surface area contributed by atoms with Crippen LogP contribution in [-0.4, -0.2) is 40.7 Å². The summed E-state index contributed by atoms with van der Waals surface area (Å²) in [6.45, 7) is 3.86. The molecule has 7 nitrogen and oxygen atoms in total. The molecule has 0 aliphatic carbocycles. The van der Waals surface area contributed by atoms with Gasteiger partial charge in [-0.25, -0.2) is 14.8 Å². The van der Waals surface area contributed by atoms with Gasteiger partial charge in [0, 0.05) is 5.39 Å². The van der Waals surface area contributed by atoms with E-state index in [2.05, 4.69) is 15.3 Å². The van der Waals surface area contributed by atoms with Crippen LogP contribution >= 0.6 is 11.8 Å². The predicted octanol–water partition coefficient (Wildman–Crippen LogP) is 3.17. The number of rotatable bonds is 7. The van der Waals surface area contributed by atoms with Gasteiger partial charge in [-0.15, -0.1) is 0 Å². The SMILES string of the molecule is CC[C@H](C)[C@@H](NC(=O)CSc1ncnc2c1oc1ccccc12)C(=O)OC. The Balaban J connectivity index is 1.74. The molecule has 0 fully saturated rings. The van der Waals surface area contributed by atoms with E-state index in [1.807, 2.05) is 38.1 Å². The van der Waals surface area contributed by atoms with Crippen molar-refractivity contribution < 1.29 is 18.7 Å². The Bertz CT molecular complexity index is 972. The van der Waals surface area contributed by atoms with Gasteiger partial charge in [-0.05, 0) is 18.1 Å². The molecule has 3 rings (SSSR count). The molecule has 0 bridgehead atoms. The highest BCUT2D eigenvalue weighted by atomic mass is 32.2. The lowest BCUT2D eigenvalue weighted by Gasteiger charge is -2.21. The summed E-state index contributed by atoms with van der Waals surface area (Å²) >= 11 is 1.24. The van der Waals surface area contributed by atoms with E-state index in [-0.39, 0.29) is 17.6 Å². The second-order valence-corrected chi connectivity index (χ2v) is 7.16. The number of nitrogens with zero attached hydrogens (tertiary/aromatic N) is 2. The minimum absolute atomic E-state index is 0.0208. The van der Waals surface area contributed by atoms with Crippen LogP contribution in [0.15, 0.2) is 40.0 Å². The molecule has 1 aromatic carbocycles. The van der Waals surface area contributed by atoms with E-state index in [9.17, 15) is 9.59 Å². The van der Waals surface area contributed by atoms with Gasteiger partial charge in [0.1, 0.15) is 28.5 Å². The third kappa shape index (κ3) is 4.05. The lowest BCUT2D eigenvalue weighted by atomic mass is 9.99. The van der Waals surface area contributed by atoms with Crippen LogP contribution in [0.3, 0.4) is 0 Å². The Hall–Kier alpha value is -2.61. The Morgan fingerprint density at radius 1 is 1.30 bits per heavy atom. The van der Waals surface area contributed by atoms with Crippen molar-refractivity contribution in [3.63, 3.8) is 0 Å². The third-order valence-electron chi connectivity index (χ3n) is 4.45. The maximum Gasteiger partial charge on any atom is 0.328 e. The van der Waals surface area contributed by atoms with Crippen LogP contribution < -0.4 is 5.32 Å². The second-order valence-electron chi connectivity index (χ2n) is 6.20. The maximum absolute atomic E-state index is 12.4. The van der Waals surface area contributed by atoms with Crippen molar-refractivity contribution in [2.75, 3.05) is 12.9 Å². The first kappa shape index (κ1) is 19.2. The van der Waals surface area contributed by atoms with Crippen molar-refractivity contribution in [2.45, 2.75) is 31.3 Å². The van der Waals surface area contributed by atoms with Crippen LogP contribution in [0.1, 0.15) is 20.3 Å². The molecule has 2 heterocycles. The number of amides is 1. The van der Waals surface area contributed by atoms with Gasteiger partial charge in [-0.3, -0.25) is 4.79 Å². The zero-order valence-electron chi connectivity index (χ0n) is 15.4. The summed E-state index contributed by atoms with van der Waals surface area (Å²) in [6, 6.07) is 6.94. The zero-order chi connectivity index (χ0) is 19.4. The van der Waals surface area contributed by atoms with Gasteiger partial charge >= 0.3 is 5.97 Å². The zero-order valence-corrected chi connectivity index (χ0v) is 16.2. The first-order valence-electron chi connectivity index (χ1n) is 8.67. The van der Waals surface area contributed by atoms with Crippen LogP contribution in [0.2, 0.25) is 0 Å². The molecule has 0 saturated heterocycles. The number of furan rings is 1. The van der Waals surface area contributed by atoms with Crippen LogP contribution in [0.5, 0.6) is 0 Å². The van der Waals surface area contributed by atoms with Gasteiger partial charge in [0.15, 0.2) is 5.58 Å². The second kappa shape index (κ2) is 8.39. The summed E-state index contributed by atoms with van der Waals surface area (Å²) in [5.74, 6) is -0.622. The standard InChI is InChI=1S/C19H21N3O4S/c1-4-11(2)15(19(24)25-3)22-14(23)9-27-18-17-16(20-10-21-18)12-7-5-6-8-13(12)26-17/h5-8,10-11,15H,4,9H2,1-3H3,(H,22,23)/t11-,15+/m0/s1. The molecule has 0 saturated carbocycles. The third-order valence-corrected chi connectivity index (χ3v) is 5.42. The number of para-hydroxylation sites is 1. The fourth-order valence-corrected chi connectivity index (χ4v) is 3.49. The van der Waals surface area contributed by atoms with Crippen molar-refractivity contribution >= 4 is 45.7 Å². The smallest absolute Gasteiger partial charge is 0.328 e. The van der Waals surface area contributed by atoms with E-state index in [1.54, 1.807) is 0 Å². The lowest BCUT2D eigenvalue weighted by Crippen LogP contribution is -2.46. The molecule has 1 N–H and O–H groups in total. The van der Waals surface area contributed by atoms with E-state index in [0.717, 1.165) is 22.9 Å². The minimum atomic E-state index is -0.662. The molecule has 3 aromatic rings. The van der Waals surface area contributed by atoms with Gasteiger partial charge < -0.3 is 14.5 Å². The number of aromatic nitrogens is 2. The van der Waals surface area contributed by atoms with Crippen molar-refractivity contribution in [3.05, 3.63) is 30.6 Å². The summed E-state index contributed by atoms with van der Waals surface area (Å²) in [7, 11) is 1.32. The molecule has 0 unspecified atom stereocenters. The fraction of sp³-hybridized carbons (Fsp3) is 0.368. The molecule has 142 valence electrons. The van der Waals surface area contributed by atoms with E-state index < -0.39 is 12.0 Å². The van der Waals surface area contributed by atoms with Crippen LogP contribution in [0.4, 0.5) is 0 Å². The van der Waals surface area contributed by atoms with Crippen LogP contribution in [-0.2, 0) is 14.3 Å². The molecule has 0 aliphatic rings. The highest BCUT2D eigenvalue weighted by molar-refractivity contribution is 8.00. The molecular weight excluding hydrogens is 366 g/mol. The molecule has 27 heavy (non-hydrogen) atoms. The Kier molecular flexibility index (Phi) is 5.95. The highest BCUT2D eigenvalue weighted by Crippen LogP contribution is 2.32. The van der Waals surface area contributed by atoms with E-state index in [4.69, 9.17) is 9.15 Å². The van der Waals surface area contributed by atoms with E-state index in [1.165, 1.54) is 25.2 Å². The molecule has 2 aromatic heterocycles. The number of esters is 1. The number of carbonyl (C=O) groups is 2. The fourth-order valence-electron chi connectivity index (χ4n) is 2.75. The molecule has 0 spiro atoms. The highest BCUT2D eigenvalue weighted by Gasteiger charge is 2.26. The Morgan fingerprint density at radius 2 is 2.07 bits per heavy atom. The average Bonchev–Trinajstić information content (AvgIpc) is 3.08. The summed E-state index contributed by atoms with van der Waals surface area (Å²) in [6.07, 6.45) is 2.21. The van der Waals surface area contributed by atoms with Crippen LogP contribution in [0, 0.1) is 5.92 Å². The number of hydrogen-bond acceptors (Lipinski definition) is 7. The van der Waals surface area contributed by atoms with Crippen molar-refractivity contribution in [1.82, 2.24) is 15.3 Å². The Labute approximate surface area is 160 Å². The predicted molar refractivity (Wildman–Crippen MR) is 103 cm³/mol. The quantitative estimate of drug-likeness (QED) is 0.378. The first-order chi connectivity index (χ1) is 13.0. The Morgan fingerprint density at radius 3 is 2.81 bits per heavy atom.